The number of esters is 1. The van der Waals surface area contributed by atoms with Crippen molar-refractivity contribution >= 4 is 5.97 Å². The van der Waals surface area contributed by atoms with Crippen molar-refractivity contribution in [1.29, 1.82) is 0 Å². The molecule has 1 saturated heterocycles. The Morgan fingerprint density at radius 3 is 2.21 bits per heavy atom. The van der Waals surface area contributed by atoms with Crippen LogP contribution in [0.4, 0.5) is 0 Å². The monoisotopic (exact) mass is 350 g/mol. The van der Waals surface area contributed by atoms with Crippen LogP contribution >= 0.6 is 0 Å². The highest BCUT2D eigenvalue weighted by Crippen LogP contribution is 2.22. The molecule has 0 aromatic rings. The average Bonchev–Trinajstić information content (AvgIpc) is 2.59. The predicted octanol–water partition coefficient (Wildman–Crippen LogP) is -0.293. The molecule has 24 heavy (non-hydrogen) atoms. The van der Waals surface area contributed by atoms with Gasteiger partial charge >= 0.3 is 5.97 Å². The van der Waals surface area contributed by atoms with Crippen molar-refractivity contribution in [3.8, 4) is 0 Å². The molecule has 1 aliphatic heterocycles. The highest BCUT2D eigenvalue weighted by molar-refractivity contribution is 5.68. The molecule has 1 rings (SSSR count). The van der Waals surface area contributed by atoms with Crippen LogP contribution in [0.5, 0.6) is 0 Å². The van der Waals surface area contributed by atoms with E-state index in [-0.39, 0.29) is 5.97 Å². The molecule has 142 valence electrons. The minimum absolute atomic E-state index is 0.178. The average molecular weight is 350 g/mol. The first kappa shape index (κ1) is 21.3. The van der Waals surface area contributed by atoms with Gasteiger partial charge in [0.15, 0.2) is 6.29 Å². The minimum Gasteiger partial charge on any atom is -0.469 e. The number of methoxy groups -OCH3 is 1. The highest BCUT2D eigenvalue weighted by Gasteiger charge is 2.43. The van der Waals surface area contributed by atoms with Crippen LogP contribution in [-0.2, 0) is 19.0 Å². The Bertz CT molecular complexity index is 349. The first-order valence-electron chi connectivity index (χ1n) is 8.50. The van der Waals surface area contributed by atoms with Gasteiger partial charge in [-0.2, -0.15) is 0 Å². The topological polar surface area (TPSA) is 126 Å². The van der Waals surface area contributed by atoms with Crippen LogP contribution in [0.25, 0.3) is 0 Å². The second kappa shape index (κ2) is 11.7. The molecule has 0 aliphatic carbocycles. The van der Waals surface area contributed by atoms with Crippen LogP contribution in [0.15, 0.2) is 0 Å². The molecule has 0 aromatic heterocycles. The van der Waals surface area contributed by atoms with E-state index in [0.29, 0.717) is 13.0 Å². The van der Waals surface area contributed by atoms with Crippen LogP contribution in [0.3, 0.4) is 0 Å². The number of hydrogen-bond acceptors (Lipinski definition) is 8. The molecule has 0 aromatic carbocycles. The van der Waals surface area contributed by atoms with E-state index in [4.69, 9.17) is 14.6 Å². The summed E-state index contributed by atoms with van der Waals surface area (Å²) in [5.74, 6) is -0.178. The Morgan fingerprint density at radius 2 is 1.58 bits per heavy atom. The van der Waals surface area contributed by atoms with Gasteiger partial charge in [0, 0.05) is 13.0 Å². The number of carbonyl (C=O) groups excluding carboxylic acids is 1. The zero-order valence-corrected chi connectivity index (χ0v) is 14.2. The molecular weight excluding hydrogens is 320 g/mol. The number of aliphatic hydroxyl groups is 4. The summed E-state index contributed by atoms with van der Waals surface area (Å²) in [6, 6.07) is 0. The SMILES string of the molecule is COC(=O)CCCCCCCCO[C@@H]1O[C@H](CO)[C@H](O)[C@H](O)[C@@H]1O. The fourth-order valence-corrected chi connectivity index (χ4v) is 2.59. The van der Waals surface area contributed by atoms with E-state index >= 15 is 0 Å². The third-order valence-corrected chi connectivity index (χ3v) is 4.13. The van der Waals surface area contributed by atoms with Gasteiger partial charge in [0.1, 0.15) is 24.4 Å². The summed E-state index contributed by atoms with van der Waals surface area (Å²) >= 11 is 0. The number of ether oxygens (including phenoxy) is 3. The molecule has 0 radical (unpaired) electrons. The van der Waals surface area contributed by atoms with Crippen LogP contribution in [-0.4, -0.2) is 77.4 Å². The lowest BCUT2D eigenvalue weighted by Gasteiger charge is -2.39. The summed E-state index contributed by atoms with van der Waals surface area (Å²) in [5, 5.41) is 38.2. The van der Waals surface area contributed by atoms with Gasteiger partial charge in [-0.25, -0.2) is 0 Å². The molecule has 5 atom stereocenters. The fourth-order valence-electron chi connectivity index (χ4n) is 2.59. The van der Waals surface area contributed by atoms with Crippen molar-refractivity contribution < 1.29 is 39.4 Å². The van der Waals surface area contributed by atoms with Crippen molar-refractivity contribution in [3.05, 3.63) is 0 Å². The van der Waals surface area contributed by atoms with E-state index in [1.807, 2.05) is 0 Å². The van der Waals surface area contributed by atoms with Gasteiger partial charge in [0.05, 0.1) is 13.7 Å². The lowest BCUT2D eigenvalue weighted by atomic mass is 9.99. The van der Waals surface area contributed by atoms with Crippen molar-refractivity contribution in [1.82, 2.24) is 0 Å². The van der Waals surface area contributed by atoms with Gasteiger partial charge in [0.2, 0.25) is 0 Å². The smallest absolute Gasteiger partial charge is 0.305 e. The maximum Gasteiger partial charge on any atom is 0.305 e. The largest absolute Gasteiger partial charge is 0.469 e. The Hall–Kier alpha value is -0.770. The lowest BCUT2D eigenvalue weighted by molar-refractivity contribution is -0.301. The third-order valence-electron chi connectivity index (χ3n) is 4.13. The molecule has 1 heterocycles. The second-order valence-electron chi connectivity index (χ2n) is 6.02. The molecular formula is C16H30O8. The van der Waals surface area contributed by atoms with E-state index < -0.39 is 37.3 Å². The van der Waals surface area contributed by atoms with Gasteiger partial charge in [-0.1, -0.05) is 25.7 Å². The van der Waals surface area contributed by atoms with Crippen LogP contribution in [0.2, 0.25) is 0 Å². The number of aliphatic hydroxyl groups excluding tert-OH is 4. The van der Waals surface area contributed by atoms with E-state index in [1.165, 1.54) is 7.11 Å². The Kier molecular flexibility index (Phi) is 10.4. The summed E-state index contributed by atoms with van der Waals surface area (Å²) in [4.78, 5) is 10.9. The molecule has 0 bridgehead atoms. The maximum absolute atomic E-state index is 10.9. The molecule has 0 spiro atoms. The Morgan fingerprint density at radius 1 is 0.958 bits per heavy atom. The van der Waals surface area contributed by atoms with Crippen LogP contribution in [0, 0.1) is 0 Å². The molecule has 1 aliphatic rings. The number of carbonyl (C=O) groups is 1. The van der Waals surface area contributed by atoms with E-state index in [1.54, 1.807) is 0 Å². The van der Waals surface area contributed by atoms with Crippen molar-refractivity contribution in [2.45, 2.75) is 75.7 Å². The van der Waals surface area contributed by atoms with Crippen molar-refractivity contribution in [2.24, 2.45) is 0 Å². The summed E-state index contributed by atoms with van der Waals surface area (Å²) in [7, 11) is 1.39. The number of unbranched alkanes of at least 4 members (excludes halogenated alkanes) is 5. The molecule has 4 N–H and O–H groups in total. The first-order chi connectivity index (χ1) is 11.5. The van der Waals surface area contributed by atoms with Gasteiger partial charge in [-0.3, -0.25) is 4.79 Å². The Balaban J connectivity index is 2.07. The minimum atomic E-state index is -1.41. The molecule has 8 nitrogen and oxygen atoms in total. The molecule has 0 saturated carbocycles. The summed E-state index contributed by atoms with van der Waals surface area (Å²) < 4.78 is 15.2. The maximum atomic E-state index is 10.9. The van der Waals surface area contributed by atoms with E-state index in [0.717, 1.165) is 38.5 Å². The van der Waals surface area contributed by atoms with Crippen molar-refractivity contribution in [2.75, 3.05) is 20.3 Å². The van der Waals surface area contributed by atoms with Gasteiger partial charge in [0.25, 0.3) is 0 Å². The van der Waals surface area contributed by atoms with Gasteiger partial charge in [-0.15, -0.1) is 0 Å². The predicted molar refractivity (Wildman–Crippen MR) is 84.1 cm³/mol. The van der Waals surface area contributed by atoms with Crippen LogP contribution < -0.4 is 0 Å². The molecule has 1 fully saturated rings. The normalized spacial score (nSPS) is 30.3. The van der Waals surface area contributed by atoms with Gasteiger partial charge in [-0.05, 0) is 12.8 Å². The lowest BCUT2D eigenvalue weighted by Crippen LogP contribution is -2.59. The zero-order valence-electron chi connectivity index (χ0n) is 14.2. The molecule has 0 unspecified atom stereocenters. The zero-order chi connectivity index (χ0) is 17.9. The summed E-state index contributed by atoms with van der Waals surface area (Å²) in [5.41, 5.74) is 0. The molecule has 8 heteroatoms. The van der Waals surface area contributed by atoms with Crippen molar-refractivity contribution in [3.63, 3.8) is 0 Å². The third kappa shape index (κ3) is 7.00. The number of hydrogen-bond donors (Lipinski definition) is 4. The fraction of sp³-hybridized carbons (Fsp3) is 0.938. The quantitative estimate of drug-likeness (QED) is 0.296. The highest BCUT2D eigenvalue weighted by atomic mass is 16.7. The standard InChI is InChI=1S/C16H30O8/c1-22-12(18)8-6-4-2-3-5-7-9-23-16-15(21)14(20)13(19)11(10-17)24-16/h11,13-17,19-21H,2-10H2,1H3/t11-,13+,14+,15+,16-/m1/s1. The summed E-state index contributed by atoms with van der Waals surface area (Å²) in [6.45, 7) is -0.110. The molecule has 0 amide bonds. The van der Waals surface area contributed by atoms with E-state index in [9.17, 15) is 20.1 Å². The van der Waals surface area contributed by atoms with E-state index in [2.05, 4.69) is 4.74 Å². The summed E-state index contributed by atoms with van der Waals surface area (Å²) in [6.07, 6.45) is -0.110. The van der Waals surface area contributed by atoms with Crippen LogP contribution in [0.1, 0.15) is 44.9 Å². The first-order valence-corrected chi connectivity index (χ1v) is 8.50. The second-order valence-corrected chi connectivity index (χ2v) is 6.02. The number of rotatable bonds is 11. The van der Waals surface area contributed by atoms with Gasteiger partial charge < -0.3 is 34.6 Å². The Labute approximate surface area is 142 Å².